The number of hydrogen-bond acceptors (Lipinski definition) is 6. The number of benzene rings is 3. The van der Waals surface area contributed by atoms with Gasteiger partial charge in [0.05, 0.1) is 22.1 Å². The Balaban J connectivity index is 1.42. The standard InChI is InChI=1S/C24H19N3O5S/c1-16-6-12-20(13-7-16)33(30,31)27-19-10-8-17(9-11-19)24(29)26-25-14-18-15-32-22-5-3-2-4-21(22)23(18)28/h2-15,27H,1H3,(H,26,29)/b25-14-. The van der Waals surface area contributed by atoms with Crippen LogP contribution in [0, 0.1) is 6.92 Å². The highest BCUT2D eigenvalue weighted by Gasteiger charge is 2.14. The molecule has 0 unspecified atom stereocenters. The summed E-state index contributed by atoms with van der Waals surface area (Å²) < 4.78 is 32.8. The van der Waals surface area contributed by atoms with E-state index in [2.05, 4.69) is 15.2 Å². The smallest absolute Gasteiger partial charge is 0.271 e. The molecule has 0 saturated carbocycles. The van der Waals surface area contributed by atoms with Crippen LogP contribution >= 0.6 is 0 Å². The third kappa shape index (κ3) is 4.99. The maximum absolute atomic E-state index is 12.5. The summed E-state index contributed by atoms with van der Waals surface area (Å²) in [7, 11) is -3.74. The lowest BCUT2D eigenvalue weighted by molar-refractivity contribution is 0.0955. The number of aryl methyl sites for hydroxylation is 1. The van der Waals surface area contributed by atoms with Crippen molar-refractivity contribution >= 4 is 38.8 Å². The lowest BCUT2D eigenvalue weighted by atomic mass is 10.2. The van der Waals surface area contributed by atoms with Crippen LogP contribution in [0.4, 0.5) is 5.69 Å². The summed E-state index contributed by atoms with van der Waals surface area (Å²) in [6.07, 6.45) is 2.48. The lowest BCUT2D eigenvalue weighted by Crippen LogP contribution is -2.19. The Morgan fingerprint density at radius 1 is 0.970 bits per heavy atom. The second kappa shape index (κ2) is 9.09. The predicted molar refractivity (Wildman–Crippen MR) is 126 cm³/mol. The minimum Gasteiger partial charge on any atom is -0.463 e. The molecule has 2 N–H and O–H groups in total. The number of nitrogens with zero attached hydrogens (tertiary/aromatic N) is 1. The summed E-state index contributed by atoms with van der Waals surface area (Å²) in [6, 6.07) is 19.2. The average Bonchev–Trinajstić information content (AvgIpc) is 2.81. The maximum Gasteiger partial charge on any atom is 0.271 e. The first-order valence-corrected chi connectivity index (χ1v) is 11.4. The number of anilines is 1. The third-order valence-corrected chi connectivity index (χ3v) is 6.20. The van der Waals surface area contributed by atoms with Crippen molar-refractivity contribution in [3.05, 3.63) is 106 Å². The molecule has 8 nitrogen and oxygen atoms in total. The van der Waals surface area contributed by atoms with Crippen LogP contribution in [0.5, 0.6) is 0 Å². The van der Waals surface area contributed by atoms with Crippen molar-refractivity contribution in [3.63, 3.8) is 0 Å². The van der Waals surface area contributed by atoms with Gasteiger partial charge in [-0.25, -0.2) is 13.8 Å². The van der Waals surface area contributed by atoms with Crippen molar-refractivity contribution < 1.29 is 17.6 Å². The van der Waals surface area contributed by atoms with Crippen molar-refractivity contribution in [1.82, 2.24) is 5.43 Å². The van der Waals surface area contributed by atoms with Crippen molar-refractivity contribution in [2.45, 2.75) is 11.8 Å². The fourth-order valence-corrected chi connectivity index (χ4v) is 4.09. The molecule has 1 amide bonds. The van der Waals surface area contributed by atoms with Crippen molar-refractivity contribution in [3.8, 4) is 0 Å². The molecule has 0 spiro atoms. The molecule has 0 fully saturated rings. The first-order chi connectivity index (χ1) is 15.8. The van der Waals surface area contributed by atoms with E-state index >= 15 is 0 Å². The van der Waals surface area contributed by atoms with Gasteiger partial charge in [-0.1, -0.05) is 29.8 Å². The predicted octanol–water partition coefficient (Wildman–Crippen LogP) is 3.67. The second-order valence-electron chi connectivity index (χ2n) is 7.21. The zero-order chi connectivity index (χ0) is 23.4. The molecule has 0 aliphatic heterocycles. The number of hydrogen-bond donors (Lipinski definition) is 2. The molecule has 0 bridgehead atoms. The van der Waals surface area contributed by atoms with Gasteiger partial charge in [-0.2, -0.15) is 5.10 Å². The van der Waals surface area contributed by atoms with Gasteiger partial charge in [0.1, 0.15) is 11.8 Å². The number of nitrogens with one attached hydrogen (secondary N) is 2. The number of sulfonamides is 1. The number of rotatable bonds is 6. The highest BCUT2D eigenvalue weighted by molar-refractivity contribution is 7.92. The van der Waals surface area contributed by atoms with E-state index in [1.165, 1.54) is 48.9 Å². The van der Waals surface area contributed by atoms with Gasteiger partial charge in [0.2, 0.25) is 5.43 Å². The lowest BCUT2D eigenvalue weighted by Gasteiger charge is -2.09. The summed E-state index contributed by atoms with van der Waals surface area (Å²) in [4.78, 5) is 24.9. The maximum atomic E-state index is 12.5. The molecule has 9 heteroatoms. The summed E-state index contributed by atoms with van der Waals surface area (Å²) in [5, 5.41) is 4.23. The van der Waals surface area contributed by atoms with Gasteiger partial charge < -0.3 is 4.42 Å². The molecule has 166 valence electrons. The molecule has 4 rings (SSSR count). The van der Waals surface area contributed by atoms with Crippen LogP contribution in [-0.2, 0) is 10.0 Å². The second-order valence-corrected chi connectivity index (χ2v) is 8.89. The molecule has 0 radical (unpaired) electrons. The molecule has 0 saturated heterocycles. The molecular weight excluding hydrogens is 442 g/mol. The first-order valence-electron chi connectivity index (χ1n) is 9.87. The molecular formula is C24H19N3O5S. The molecule has 1 aromatic heterocycles. The van der Waals surface area contributed by atoms with Gasteiger partial charge in [0.25, 0.3) is 15.9 Å². The number of carbonyl (C=O) groups is 1. The van der Waals surface area contributed by atoms with Crippen LogP contribution in [0.15, 0.2) is 98.3 Å². The number of hydrazone groups is 1. The van der Waals surface area contributed by atoms with Crippen LogP contribution < -0.4 is 15.6 Å². The molecule has 33 heavy (non-hydrogen) atoms. The number of amides is 1. The summed E-state index contributed by atoms with van der Waals surface area (Å²) in [6.45, 7) is 1.87. The molecule has 0 aliphatic rings. The monoisotopic (exact) mass is 461 g/mol. The van der Waals surface area contributed by atoms with E-state index in [9.17, 15) is 18.0 Å². The van der Waals surface area contributed by atoms with Gasteiger partial charge in [-0.05, 0) is 55.5 Å². The Morgan fingerprint density at radius 2 is 1.67 bits per heavy atom. The molecule has 3 aromatic carbocycles. The first kappa shape index (κ1) is 22.0. The van der Waals surface area contributed by atoms with Gasteiger partial charge in [-0.15, -0.1) is 0 Å². The van der Waals surface area contributed by atoms with E-state index in [1.807, 2.05) is 6.92 Å². The van der Waals surface area contributed by atoms with Crippen LogP contribution in [0.3, 0.4) is 0 Å². The zero-order valence-electron chi connectivity index (χ0n) is 17.5. The summed E-state index contributed by atoms with van der Waals surface area (Å²) in [5.74, 6) is -0.524. The van der Waals surface area contributed by atoms with E-state index < -0.39 is 15.9 Å². The summed E-state index contributed by atoms with van der Waals surface area (Å²) >= 11 is 0. The summed E-state index contributed by atoms with van der Waals surface area (Å²) in [5.41, 5.74) is 4.24. The fraction of sp³-hybridized carbons (Fsp3) is 0.0417. The molecule has 1 heterocycles. The van der Waals surface area contributed by atoms with E-state index in [-0.39, 0.29) is 21.5 Å². The number of carbonyl (C=O) groups excluding carboxylic acids is 1. The van der Waals surface area contributed by atoms with Crippen LogP contribution in [0.2, 0.25) is 0 Å². The minimum atomic E-state index is -3.74. The van der Waals surface area contributed by atoms with Gasteiger partial charge in [-0.3, -0.25) is 14.3 Å². The van der Waals surface area contributed by atoms with Crippen molar-refractivity contribution in [2.24, 2.45) is 5.10 Å². The third-order valence-electron chi connectivity index (χ3n) is 4.81. The van der Waals surface area contributed by atoms with Crippen LogP contribution in [0.1, 0.15) is 21.5 Å². The van der Waals surface area contributed by atoms with Crippen LogP contribution in [0.25, 0.3) is 11.0 Å². The highest BCUT2D eigenvalue weighted by atomic mass is 32.2. The van der Waals surface area contributed by atoms with Crippen molar-refractivity contribution in [2.75, 3.05) is 4.72 Å². The minimum absolute atomic E-state index is 0.141. The Bertz CT molecular complexity index is 1510. The van der Waals surface area contributed by atoms with Crippen molar-refractivity contribution in [1.29, 1.82) is 0 Å². The van der Waals surface area contributed by atoms with Gasteiger partial charge in [0.15, 0.2) is 0 Å². The Kier molecular flexibility index (Phi) is 6.05. The van der Waals surface area contributed by atoms with E-state index in [0.717, 1.165) is 5.56 Å². The normalized spacial score (nSPS) is 11.5. The van der Waals surface area contributed by atoms with Gasteiger partial charge in [0, 0.05) is 11.3 Å². The quantitative estimate of drug-likeness (QED) is 0.336. The van der Waals surface area contributed by atoms with E-state index in [0.29, 0.717) is 16.7 Å². The Labute approximate surface area is 189 Å². The average molecular weight is 461 g/mol. The topological polar surface area (TPSA) is 118 Å². The number of para-hydroxylation sites is 1. The molecule has 4 aromatic rings. The fourth-order valence-electron chi connectivity index (χ4n) is 3.03. The molecule has 0 atom stereocenters. The van der Waals surface area contributed by atoms with E-state index in [4.69, 9.17) is 4.42 Å². The molecule has 0 aliphatic carbocycles. The number of fused-ring (bicyclic) bond motifs is 1. The zero-order valence-corrected chi connectivity index (χ0v) is 18.3. The van der Waals surface area contributed by atoms with Gasteiger partial charge >= 0.3 is 0 Å². The van der Waals surface area contributed by atoms with E-state index in [1.54, 1.807) is 36.4 Å². The largest absolute Gasteiger partial charge is 0.463 e. The Morgan fingerprint density at radius 3 is 2.39 bits per heavy atom. The van der Waals surface area contributed by atoms with Crippen LogP contribution in [-0.4, -0.2) is 20.5 Å². The highest BCUT2D eigenvalue weighted by Crippen LogP contribution is 2.17. The Hall–Kier alpha value is -4.24. The SMILES string of the molecule is Cc1ccc(S(=O)(=O)Nc2ccc(C(=O)N/N=C\c3coc4ccccc4c3=O)cc2)cc1.